The minimum atomic E-state index is 0.792. The van der Waals surface area contributed by atoms with Crippen molar-refractivity contribution in [2.45, 2.75) is 20.4 Å². The third-order valence-corrected chi connectivity index (χ3v) is 3.07. The highest BCUT2D eigenvalue weighted by atomic mass is 32.1. The van der Waals surface area contributed by atoms with Crippen LogP contribution in [-0.2, 0) is 6.54 Å². The monoisotopic (exact) mass is 223 g/mol. The zero-order chi connectivity index (χ0) is 10.8. The topological polar surface area (TPSA) is 51.0 Å². The van der Waals surface area contributed by atoms with E-state index in [0.29, 0.717) is 0 Å². The highest BCUT2D eigenvalue weighted by Gasteiger charge is 2.14. The molecule has 0 saturated carbocycles. The van der Waals surface area contributed by atoms with Gasteiger partial charge in [-0.05, 0) is 20.9 Å². The summed E-state index contributed by atoms with van der Waals surface area (Å²) in [7, 11) is 1.91. The molecule has 0 radical (unpaired) electrons. The molecule has 0 fully saturated rings. The lowest BCUT2D eigenvalue weighted by Crippen LogP contribution is -2.04. The molecule has 0 aliphatic carbocycles. The van der Waals surface area contributed by atoms with Gasteiger partial charge in [0.15, 0.2) is 0 Å². The Morgan fingerprint density at radius 3 is 2.87 bits per heavy atom. The SMILES string of the molecule is CNCc1csc(-c2c(C)noc2C)n1. The number of nitrogens with one attached hydrogen (secondary N) is 1. The maximum absolute atomic E-state index is 5.12. The molecule has 0 amide bonds. The first kappa shape index (κ1) is 10.3. The summed E-state index contributed by atoms with van der Waals surface area (Å²) in [5, 5.41) is 10.0. The standard InChI is InChI=1S/C10H13N3OS/c1-6-9(7(2)14-13-6)10-12-8(4-11-3)5-15-10/h5,11H,4H2,1-3H3. The summed E-state index contributed by atoms with van der Waals surface area (Å²) in [6.45, 7) is 4.64. The molecule has 0 spiro atoms. The van der Waals surface area contributed by atoms with E-state index in [0.717, 1.165) is 34.3 Å². The van der Waals surface area contributed by atoms with Crippen LogP contribution in [0.25, 0.3) is 10.6 Å². The molecule has 0 aliphatic heterocycles. The third-order valence-electron chi connectivity index (χ3n) is 2.16. The first-order valence-corrected chi connectivity index (χ1v) is 5.62. The Hall–Kier alpha value is -1.20. The van der Waals surface area contributed by atoms with E-state index in [1.807, 2.05) is 20.9 Å². The second-order valence-electron chi connectivity index (χ2n) is 3.37. The second-order valence-corrected chi connectivity index (χ2v) is 4.23. The van der Waals surface area contributed by atoms with E-state index >= 15 is 0 Å². The fraction of sp³-hybridized carbons (Fsp3) is 0.400. The van der Waals surface area contributed by atoms with E-state index in [2.05, 4.69) is 20.8 Å². The van der Waals surface area contributed by atoms with Crippen LogP contribution in [0.5, 0.6) is 0 Å². The lowest BCUT2D eigenvalue weighted by molar-refractivity contribution is 0.393. The first-order chi connectivity index (χ1) is 7.22. The van der Waals surface area contributed by atoms with Crippen molar-refractivity contribution in [3.63, 3.8) is 0 Å². The van der Waals surface area contributed by atoms with E-state index in [1.54, 1.807) is 11.3 Å². The summed E-state index contributed by atoms with van der Waals surface area (Å²) in [4.78, 5) is 4.52. The van der Waals surface area contributed by atoms with Crippen molar-refractivity contribution in [1.82, 2.24) is 15.5 Å². The fourth-order valence-corrected chi connectivity index (χ4v) is 2.44. The number of aryl methyl sites for hydroxylation is 2. The summed E-state index contributed by atoms with van der Waals surface area (Å²) in [5.41, 5.74) is 2.98. The van der Waals surface area contributed by atoms with Crippen LogP contribution in [0.15, 0.2) is 9.90 Å². The fourth-order valence-electron chi connectivity index (χ4n) is 1.47. The molecule has 0 aromatic carbocycles. The Morgan fingerprint density at radius 2 is 2.27 bits per heavy atom. The van der Waals surface area contributed by atoms with Crippen molar-refractivity contribution < 1.29 is 4.52 Å². The summed E-state index contributed by atoms with van der Waals surface area (Å²) in [6.07, 6.45) is 0. The van der Waals surface area contributed by atoms with Crippen LogP contribution in [0.3, 0.4) is 0 Å². The van der Waals surface area contributed by atoms with Crippen LogP contribution in [-0.4, -0.2) is 17.2 Å². The molecule has 0 aliphatic rings. The number of hydrogen-bond donors (Lipinski definition) is 1. The van der Waals surface area contributed by atoms with Gasteiger partial charge < -0.3 is 9.84 Å². The third kappa shape index (κ3) is 1.93. The minimum Gasteiger partial charge on any atom is -0.361 e. The average molecular weight is 223 g/mol. The van der Waals surface area contributed by atoms with Gasteiger partial charge in [0, 0.05) is 11.9 Å². The van der Waals surface area contributed by atoms with E-state index < -0.39 is 0 Å². The molecule has 0 bridgehead atoms. The minimum absolute atomic E-state index is 0.792. The van der Waals surface area contributed by atoms with Crippen molar-refractivity contribution in [3.8, 4) is 10.6 Å². The van der Waals surface area contributed by atoms with Crippen LogP contribution in [0, 0.1) is 13.8 Å². The molecule has 2 aromatic heterocycles. The smallest absolute Gasteiger partial charge is 0.144 e. The van der Waals surface area contributed by atoms with E-state index in [4.69, 9.17) is 4.52 Å². The zero-order valence-electron chi connectivity index (χ0n) is 9.00. The number of rotatable bonds is 3. The highest BCUT2D eigenvalue weighted by Crippen LogP contribution is 2.29. The molecule has 0 atom stereocenters. The van der Waals surface area contributed by atoms with E-state index in [1.165, 1.54) is 0 Å². The summed E-state index contributed by atoms with van der Waals surface area (Å²) in [6, 6.07) is 0. The van der Waals surface area contributed by atoms with Gasteiger partial charge in [0.1, 0.15) is 10.8 Å². The van der Waals surface area contributed by atoms with Gasteiger partial charge in [-0.1, -0.05) is 5.16 Å². The van der Waals surface area contributed by atoms with Gasteiger partial charge in [-0.15, -0.1) is 11.3 Å². The zero-order valence-corrected chi connectivity index (χ0v) is 9.81. The van der Waals surface area contributed by atoms with Crippen LogP contribution >= 0.6 is 11.3 Å². The first-order valence-electron chi connectivity index (χ1n) is 4.74. The van der Waals surface area contributed by atoms with Gasteiger partial charge in [0.05, 0.1) is 17.0 Å². The van der Waals surface area contributed by atoms with Crippen molar-refractivity contribution in [1.29, 1.82) is 0 Å². The lowest BCUT2D eigenvalue weighted by atomic mass is 10.2. The normalized spacial score (nSPS) is 10.9. The summed E-state index contributed by atoms with van der Waals surface area (Å²) in [5.74, 6) is 0.831. The van der Waals surface area contributed by atoms with Crippen LogP contribution < -0.4 is 5.32 Å². The molecule has 0 saturated heterocycles. The maximum Gasteiger partial charge on any atom is 0.144 e. The predicted molar refractivity (Wildman–Crippen MR) is 59.8 cm³/mol. The quantitative estimate of drug-likeness (QED) is 0.866. The van der Waals surface area contributed by atoms with Crippen LogP contribution in [0.1, 0.15) is 17.1 Å². The number of thiazole rings is 1. The van der Waals surface area contributed by atoms with E-state index in [-0.39, 0.29) is 0 Å². The Balaban J connectivity index is 2.37. The van der Waals surface area contributed by atoms with Crippen LogP contribution in [0.2, 0.25) is 0 Å². The van der Waals surface area contributed by atoms with Crippen molar-refractivity contribution in [3.05, 3.63) is 22.5 Å². The molecule has 0 unspecified atom stereocenters. The molecular formula is C10H13N3OS. The molecule has 15 heavy (non-hydrogen) atoms. The van der Waals surface area contributed by atoms with E-state index in [9.17, 15) is 0 Å². The van der Waals surface area contributed by atoms with Gasteiger partial charge in [0.25, 0.3) is 0 Å². The van der Waals surface area contributed by atoms with Gasteiger partial charge in [-0.2, -0.15) is 0 Å². The Labute approximate surface area is 92.3 Å². The summed E-state index contributed by atoms with van der Waals surface area (Å²) >= 11 is 1.62. The van der Waals surface area contributed by atoms with Crippen molar-refractivity contribution in [2.75, 3.05) is 7.05 Å². The molecular weight excluding hydrogens is 210 g/mol. The number of hydrogen-bond acceptors (Lipinski definition) is 5. The lowest BCUT2D eigenvalue weighted by Gasteiger charge is -1.93. The van der Waals surface area contributed by atoms with Crippen molar-refractivity contribution in [2.24, 2.45) is 0 Å². The molecule has 80 valence electrons. The Kier molecular flexibility index (Phi) is 2.83. The second kappa shape index (κ2) is 4.12. The van der Waals surface area contributed by atoms with Crippen LogP contribution in [0.4, 0.5) is 0 Å². The molecule has 1 N–H and O–H groups in total. The molecule has 2 rings (SSSR count). The molecule has 5 heteroatoms. The largest absolute Gasteiger partial charge is 0.361 e. The average Bonchev–Trinajstić information content (AvgIpc) is 2.75. The molecule has 4 nitrogen and oxygen atoms in total. The Morgan fingerprint density at radius 1 is 1.47 bits per heavy atom. The van der Waals surface area contributed by atoms with Gasteiger partial charge in [-0.3, -0.25) is 0 Å². The van der Waals surface area contributed by atoms with Crippen molar-refractivity contribution >= 4 is 11.3 Å². The predicted octanol–water partition coefficient (Wildman–Crippen LogP) is 2.13. The van der Waals surface area contributed by atoms with Gasteiger partial charge in [0.2, 0.25) is 0 Å². The Bertz CT molecular complexity index is 441. The van der Waals surface area contributed by atoms with Gasteiger partial charge >= 0.3 is 0 Å². The highest BCUT2D eigenvalue weighted by molar-refractivity contribution is 7.13. The number of nitrogens with zero attached hydrogens (tertiary/aromatic N) is 2. The maximum atomic E-state index is 5.12. The van der Waals surface area contributed by atoms with Gasteiger partial charge in [-0.25, -0.2) is 4.98 Å². The molecule has 2 heterocycles. The molecule has 2 aromatic rings. The summed E-state index contributed by atoms with van der Waals surface area (Å²) < 4.78 is 5.12. The number of aromatic nitrogens is 2.